The molecule has 0 radical (unpaired) electrons. The number of carbonyl (C=O) groups is 1. The predicted molar refractivity (Wildman–Crippen MR) is 73.3 cm³/mol. The monoisotopic (exact) mass is 256 g/mol. The number of hydrogen-bond donors (Lipinski definition) is 2. The largest absolute Gasteiger partial charge is 0.355 e. The van der Waals surface area contributed by atoms with Gasteiger partial charge in [-0.3, -0.25) is 4.79 Å². The molecule has 2 heterocycles. The molecule has 2 aliphatic heterocycles. The Labute approximate surface area is 108 Å². The molecule has 17 heavy (non-hydrogen) atoms. The fourth-order valence-electron chi connectivity index (χ4n) is 2.59. The lowest BCUT2D eigenvalue weighted by Gasteiger charge is -2.33. The van der Waals surface area contributed by atoms with E-state index >= 15 is 0 Å². The van der Waals surface area contributed by atoms with E-state index in [4.69, 9.17) is 0 Å². The summed E-state index contributed by atoms with van der Waals surface area (Å²) in [6.45, 7) is 4.92. The van der Waals surface area contributed by atoms with Crippen LogP contribution in [0.5, 0.6) is 0 Å². The number of amides is 1. The molecule has 2 fully saturated rings. The molecule has 2 N–H and O–H groups in total. The fourth-order valence-corrected chi connectivity index (χ4v) is 3.83. The summed E-state index contributed by atoms with van der Waals surface area (Å²) in [7, 11) is 0. The zero-order valence-corrected chi connectivity index (χ0v) is 11.6. The van der Waals surface area contributed by atoms with E-state index in [1.807, 2.05) is 11.8 Å². The Kier molecular flexibility index (Phi) is 4.74. The van der Waals surface area contributed by atoms with Crippen LogP contribution in [0.2, 0.25) is 0 Å². The van der Waals surface area contributed by atoms with Crippen LogP contribution in [-0.4, -0.2) is 36.5 Å². The van der Waals surface area contributed by atoms with Gasteiger partial charge in [0.25, 0.3) is 0 Å². The van der Waals surface area contributed by atoms with Crippen molar-refractivity contribution < 1.29 is 4.79 Å². The summed E-state index contributed by atoms with van der Waals surface area (Å²) in [5.41, 5.74) is -0.134. The molecular formula is C13H24N2OS. The maximum absolute atomic E-state index is 12.2. The molecule has 1 unspecified atom stereocenters. The molecule has 98 valence electrons. The van der Waals surface area contributed by atoms with Crippen molar-refractivity contribution in [1.29, 1.82) is 0 Å². The Morgan fingerprint density at radius 1 is 1.41 bits per heavy atom. The van der Waals surface area contributed by atoms with Crippen LogP contribution in [0.4, 0.5) is 0 Å². The molecule has 0 aromatic heterocycles. The highest BCUT2D eigenvalue weighted by molar-refractivity contribution is 7.99. The number of rotatable bonds is 3. The third-order valence-corrected chi connectivity index (χ3v) is 5.42. The van der Waals surface area contributed by atoms with Crippen LogP contribution >= 0.6 is 11.8 Å². The van der Waals surface area contributed by atoms with Crippen LogP contribution in [0.15, 0.2) is 0 Å². The Bertz CT molecular complexity index is 258. The minimum atomic E-state index is -0.134. The Morgan fingerprint density at radius 3 is 2.82 bits per heavy atom. The van der Waals surface area contributed by atoms with Crippen molar-refractivity contribution in [2.75, 3.05) is 25.4 Å². The van der Waals surface area contributed by atoms with Crippen molar-refractivity contribution >= 4 is 17.7 Å². The molecule has 0 spiro atoms. The van der Waals surface area contributed by atoms with E-state index in [0.29, 0.717) is 5.25 Å². The average Bonchev–Trinajstić information content (AvgIpc) is 2.38. The number of piperidine rings is 1. The van der Waals surface area contributed by atoms with E-state index in [1.165, 1.54) is 25.0 Å². The third kappa shape index (κ3) is 3.62. The smallest absolute Gasteiger partial charge is 0.226 e. The highest BCUT2D eigenvalue weighted by Gasteiger charge is 2.34. The quantitative estimate of drug-likeness (QED) is 0.809. The molecule has 2 saturated heterocycles. The minimum absolute atomic E-state index is 0.134. The van der Waals surface area contributed by atoms with Crippen LogP contribution in [0, 0.1) is 5.41 Å². The van der Waals surface area contributed by atoms with Crippen molar-refractivity contribution in [2.45, 2.75) is 44.3 Å². The van der Waals surface area contributed by atoms with Crippen molar-refractivity contribution in [3.8, 4) is 0 Å². The molecule has 3 nitrogen and oxygen atoms in total. The first-order chi connectivity index (χ1) is 8.21. The van der Waals surface area contributed by atoms with Gasteiger partial charge in [0, 0.05) is 17.2 Å². The third-order valence-electron chi connectivity index (χ3n) is 4.02. The van der Waals surface area contributed by atoms with Crippen LogP contribution in [-0.2, 0) is 4.79 Å². The first-order valence-electron chi connectivity index (χ1n) is 6.81. The molecule has 2 aliphatic rings. The second-order valence-corrected chi connectivity index (χ2v) is 6.92. The van der Waals surface area contributed by atoms with E-state index in [-0.39, 0.29) is 11.3 Å². The molecule has 0 saturated carbocycles. The van der Waals surface area contributed by atoms with E-state index in [1.54, 1.807) is 0 Å². The maximum Gasteiger partial charge on any atom is 0.226 e. The number of hydrogen-bond acceptors (Lipinski definition) is 3. The molecule has 4 heteroatoms. The standard InChI is InChI=1S/C13H24N2OS/c1-13(5-7-14-8-6-13)12(16)15-10-11-4-2-3-9-17-11/h11,14H,2-10H2,1H3,(H,15,16). The van der Waals surface area contributed by atoms with Crippen LogP contribution in [0.3, 0.4) is 0 Å². The van der Waals surface area contributed by atoms with Gasteiger partial charge in [-0.25, -0.2) is 0 Å². The zero-order chi connectivity index (χ0) is 12.1. The zero-order valence-electron chi connectivity index (χ0n) is 10.8. The van der Waals surface area contributed by atoms with Gasteiger partial charge in [0.15, 0.2) is 0 Å². The van der Waals surface area contributed by atoms with Gasteiger partial charge >= 0.3 is 0 Å². The summed E-state index contributed by atoms with van der Waals surface area (Å²) < 4.78 is 0. The van der Waals surface area contributed by atoms with Gasteiger partial charge in [-0.15, -0.1) is 0 Å². The molecule has 0 aromatic carbocycles. The van der Waals surface area contributed by atoms with Crippen LogP contribution in [0.1, 0.15) is 39.0 Å². The first-order valence-corrected chi connectivity index (χ1v) is 7.86. The van der Waals surface area contributed by atoms with Crippen molar-refractivity contribution in [3.05, 3.63) is 0 Å². The molecule has 2 rings (SSSR count). The fraction of sp³-hybridized carbons (Fsp3) is 0.923. The van der Waals surface area contributed by atoms with Gasteiger partial charge in [0.1, 0.15) is 0 Å². The predicted octanol–water partition coefficient (Wildman–Crippen LogP) is 1.78. The summed E-state index contributed by atoms with van der Waals surface area (Å²) >= 11 is 2.02. The minimum Gasteiger partial charge on any atom is -0.355 e. The van der Waals surface area contributed by atoms with Gasteiger partial charge in [-0.2, -0.15) is 11.8 Å². The van der Waals surface area contributed by atoms with Crippen LogP contribution < -0.4 is 10.6 Å². The molecule has 1 amide bonds. The van der Waals surface area contributed by atoms with Gasteiger partial charge in [-0.05, 0) is 44.5 Å². The van der Waals surface area contributed by atoms with Gasteiger partial charge < -0.3 is 10.6 Å². The first kappa shape index (κ1) is 13.2. The second kappa shape index (κ2) is 6.10. The van der Waals surface area contributed by atoms with Crippen LogP contribution in [0.25, 0.3) is 0 Å². The summed E-state index contributed by atoms with van der Waals surface area (Å²) in [5.74, 6) is 1.53. The topological polar surface area (TPSA) is 41.1 Å². The SMILES string of the molecule is CC1(C(=O)NCC2CCCCS2)CCNCC1. The molecule has 0 aromatic rings. The maximum atomic E-state index is 12.2. The Morgan fingerprint density at radius 2 is 2.18 bits per heavy atom. The molecule has 0 bridgehead atoms. The van der Waals surface area contributed by atoms with Gasteiger partial charge in [0.2, 0.25) is 5.91 Å². The van der Waals surface area contributed by atoms with Crippen molar-refractivity contribution in [1.82, 2.24) is 10.6 Å². The number of thioether (sulfide) groups is 1. The van der Waals surface area contributed by atoms with E-state index in [9.17, 15) is 4.79 Å². The lowest BCUT2D eigenvalue weighted by Crippen LogP contribution is -2.47. The molecule has 1 atom stereocenters. The number of nitrogens with one attached hydrogen (secondary N) is 2. The Balaban J connectivity index is 1.75. The van der Waals surface area contributed by atoms with Crippen molar-refractivity contribution in [3.63, 3.8) is 0 Å². The molecule has 0 aliphatic carbocycles. The van der Waals surface area contributed by atoms with E-state index < -0.39 is 0 Å². The van der Waals surface area contributed by atoms with Crippen molar-refractivity contribution in [2.24, 2.45) is 5.41 Å². The summed E-state index contributed by atoms with van der Waals surface area (Å²) in [6.07, 6.45) is 5.88. The lowest BCUT2D eigenvalue weighted by atomic mass is 9.80. The average molecular weight is 256 g/mol. The number of carbonyl (C=O) groups excluding carboxylic acids is 1. The van der Waals surface area contributed by atoms with E-state index in [0.717, 1.165) is 32.5 Å². The summed E-state index contributed by atoms with van der Waals surface area (Å²) in [6, 6.07) is 0. The highest BCUT2D eigenvalue weighted by atomic mass is 32.2. The normalized spacial score (nSPS) is 28.6. The summed E-state index contributed by atoms with van der Waals surface area (Å²) in [5, 5.41) is 7.14. The highest BCUT2D eigenvalue weighted by Crippen LogP contribution is 2.29. The van der Waals surface area contributed by atoms with E-state index in [2.05, 4.69) is 17.6 Å². The van der Waals surface area contributed by atoms with Gasteiger partial charge in [0.05, 0.1) is 0 Å². The Hall–Kier alpha value is -0.220. The summed E-state index contributed by atoms with van der Waals surface area (Å²) in [4.78, 5) is 12.2. The lowest BCUT2D eigenvalue weighted by molar-refractivity contribution is -0.131. The second-order valence-electron chi connectivity index (χ2n) is 5.51. The van der Waals surface area contributed by atoms with Gasteiger partial charge in [-0.1, -0.05) is 13.3 Å². The molecular weight excluding hydrogens is 232 g/mol.